The first-order chi connectivity index (χ1) is 18.1. The normalized spacial score (nSPS) is 21.3. The number of rotatable bonds is 7. The van der Waals surface area contributed by atoms with Gasteiger partial charge in [0.2, 0.25) is 0 Å². The number of benzene rings is 1. The number of hydrogen-bond acceptors (Lipinski definition) is 6. The molecule has 1 fully saturated rings. The molecular formula is C27H38F2N6O2. The molecule has 202 valence electrons. The van der Waals surface area contributed by atoms with Crippen LogP contribution in [0.3, 0.4) is 0 Å². The number of allylic oxidation sites excluding steroid dienone is 1. The number of guanidine groups is 1. The van der Waals surface area contributed by atoms with Gasteiger partial charge in [-0.2, -0.15) is 10.2 Å². The lowest BCUT2D eigenvalue weighted by Crippen LogP contribution is -2.50. The Kier molecular flexibility index (Phi) is 9.99. The Bertz CT molecular complexity index is 1020. The van der Waals surface area contributed by atoms with Crippen molar-refractivity contribution in [2.45, 2.75) is 83.3 Å². The maximum atomic E-state index is 13.7. The number of nitrogens with zero attached hydrogens (tertiary/aromatic N) is 4. The highest BCUT2D eigenvalue weighted by Crippen LogP contribution is 2.35. The van der Waals surface area contributed by atoms with Gasteiger partial charge in [-0.15, -0.1) is 0 Å². The Morgan fingerprint density at radius 1 is 1.11 bits per heavy atom. The fraction of sp³-hybridized carbons (Fsp3) is 0.630. The highest BCUT2D eigenvalue weighted by molar-refractivity contribution is 6.05. The molecule has 2 N–H and O–H groups in total. The highest BCUT2D eigenvalue weighted by atomic mass is 19.2. The summed E-state index contributed by atoms with van der Waals surface area (Å²) in [7, 11) is 0. The molecule has 2 aliphatic heterocycles. The monoisotopic (exact) mass is 516 g/mol. The van der Waals surface area contributed by atoms with Crippen molar-refractivity contribution < 1.29 is 18.3 Å². The van der Waals surface area contributed by atoms with E-state index in [0.717, 1.165) is 55.8 Å². The van der Waals surface area contributed by atoms with Crippen molar-refractivity contribution in [3.63, 3.8) is 0 Å². The number of carbonyl (C=O) groups is 1. The fourth-order valence-electron chi connectivity index (χ4n) is 5.26. The van der Waals surface area contributed by atoms with E-state index in [0.29, 0.717) is 25.8 Å². The van der Waals surface area contributed by atoms with Crippen LogP contribution in [-0.4, -0.2) is 55.3 Å². The molecule has 0 spiro atoms. The Morgan fingerprint density at radius 3 is 2.59 bits per heavy atom. The predicted molar refractivity (Wildman–Crippen MR) is 138 cm³/mol. The Balaban J connectivity index is 1.51. The van der Waals surface area contributed by atoms with Gasteiger partial charge in [-0.05, 0) is 50.8 Å². The summed E-state index contributed by atoms with van der Waals surface area (Å²) in [4.78, 5) is 19.8. The van der Waals surface area contributed by atoms with Gasteiger partial charge in [0.25, 0.3) is 5.91 Å². The van der Waals surface area contributed by atoms with Gasteiger partial charge < -0.3 is 15.0 Å². The minimum absolute atomic E-state index is 0.00367. The van der Waals surface area contributed by atoms with E-state index in [4.69, 9.17) is 4.74 Å². The second-order valence-corrected chi connectivity index (χ2v) is 9.75. The first kappa shape index (κ1) is 27.2. The van der Waals surface area contributed by atoms with Crippen LogP contribution in [0.25, 0.3) is 0 Å². The molecule has 0 bridgehead atoms. The summed E-state index contributed by atoms with van der Waals surface area (Å²) in [5.74, 6) is -2.48. The van der Waals surface area contributed by atoms with Crippen molar-refractivity contribution >= 4 is 11.9 Å². The van der Waals surface area contributed by atoms with Crippen molar-refractivity contribution in [3.05, 3.63) is 46.8 Å². The van der Waals surface area contributed by atoms with Gasteiger partial charge in [-0.1, -0.05) is 38.5 Å². The minimum Gasteiger partial charge on any atom is -0.380 e. The van der Waals surface area contributed by atoms with Crippen LogP contribution in [0.1, 0.15) is 81.5 Å². The molecule has 1 unspecified atom stereocenters. The third-order valence-electron chi connectivity index (χ3n) is 7.13. The van der Waals surface area contributed by atoms with Crippen molar-refractivity contribution in [2.75, 3.05) is 26.3 Å². The molecule has 8 nitrogen and oxygen atoms in total. The Hall–Kier alpha value is -2.88. The summed E-state index contributed by atoms with van der Waals surface area (Å²) in [6.07, 6.45) is 11.4. The largest absolute Gasteiger partial charge is 0.380 e. The average molecular weight is 517 g/mol. The standard InChI is InChI=1S/C27H38F2N6O2/c1-2-37-17-15-30-27(32-26(36)19-13-14-21(28)22(29)18-19)31-25-24-23(33-34-25)12-9-16-35(24)20-10-7-5-3-4-6-8-11-20/h13-14,18,20,25H,2-12,15-17H2,1H3,(H2,30,31,32,36). The van der Waals surface area contributed by atoms with Gasteiger partial charge in [0.05, 0.1) is 24.5 Å². The lowest BCUT2D eigenvalue weighted by atomic mass is 9.98. The third kappa shape index (κ3) is 7.34. The van der Waals surface area contributed by atoms with Crippen LogP contribution in [-0.2, 0) is 4.74 Å². The summed E-state index contributed by atoms with van der Waals surface area (Å²) in [5.41, 5.74) is 2.05. The molecule has 0 radical (unpaired) electrons. The van der Waals surface area contributed by atoms with E-state index in [1.807, 2.05) is 6.92 Å². The number of azo groups is 1. The highest BCUT2D eigenvalue weighted by Gasteiger charge is 2.35. The van der Waals surface area contributed by atoms with Gasteiger partial charge in [-0.3, -0.25) is 15.1 Å². The van der Waals surface area contributed by atoms with Gasteiger partial charge in [0.1, 0.15) is 0 Å². The summed E-state index contributed by atoms with van der Waals surface area (Å²) < 4.78 is 32.5. The number of ether oxygens (including phenoxy) is 1. The molecule has 10 heteroatoms. The minimum atomic E-state index is -1.08. The van der Waals surface area contributed by atoms with Crippen LogP contribution in [0.15, 0.2) is 44.8 Å². The number of halogens is 2. The molecule has 0 aromatic heterocycles. The second kappa shape index (κ2) is 13.6. The Labute approximate surface area is 217 Å². The average Bonchev–Trinajstić information content (AvgIpc) is 3.36. The van der Waals surface area contributed by atoms with Crippen LogP contribution in [0.2, 0.25) is 0 Å². The van der Waals surface area contributed by atoms with Gasteiger partial charge in [0, 0.05) is 24.8 Å². The van der Waals surface area contributed by atoms with Crippen molar-refractivity contribution in [1.82, 2.24) is 15.5 Å². The maximum Gasteiger partial charge on any atom is 0.258 e. The molecule has 1 atom stereocenters. The zero-order valence-corrected chi connectivity index (χ0v) is 21.6. The van der Waals surface area contributed by atoms with E-state index in [9.17, 15) is 13.6 Å². The van der Waals surface area contributed by atoms with E-state index < -0.39 is 23.7 Å². The van der Waals surface area contributed by atoms with E-state index >= 15 is 0 Å². The zero-order chi connectivity index (χ0) is 26.0. The lowest BCUT2D eigenvalue weighted by Gasteiger charge is -2.39. The summed E-state index contributed by atoms with van der Waals surface area (Å²) in [6, 6.07) is 3.49. The van der Waals surface area contributed by atoms with Crippen molar-refractivity contribution in [3.8, 4) is 0 Å². The van der Waals surface area contributed by atoms with Crippen LogP contribution in [0.5, 0.6) is 0 Å². The molecule has 1 aromatic carbocycles. The van der Waals surface area contributed by atoms with E-state index in [1.54, 1.807) is 0 Å². The van der Waals surface area contributed by atoms with E-state index in [2.05, 4.69) is 30.8 Å². The molecule has 1 amide bonds. The molecule has 37 heavy (non-hydrogen) atoms. The molecular weight excluding hydrogens is 478 g/mol. The molecule has 0 saturated heterocycles. The molecule has 1 aromatic rings. The van der Waals surface area contributed by atoms with Crippen molar-refractivity contribution in [2.24, 2.45) is 15.2 Å². The number of amides is 1. The molecule has 4 rings (SSSR count). The van der Waals surface area contributed by atoms with Crippen LogP contribution in [0, 0.1) is 11.6 Å². The van der Waals surface area contributed by atoms with Crippen LogP contribution < -0.4 is 10.6 Å². The quantitative estimate of drug-likeness (QED) is 0.293. The molecule has 3 aliphatic rings. The first-order valence-corrected chi connectivity index (χ1v) is 13.6. The predicted octanol–water partition coefficient (Wildman–Crippen LogP) is 5.28. The molecule has 2 heterocycles. The zero-order valence-electron chi connectivity index (χ0n) is 21.6. The summed E-state index contributed by atoms with van der Waals surface area (Å²) in [5, 5.41) is 15.0. The summed E-state index contributed by atoms with van der Waals surface area (Å²) >= 11 is 0. The lowest BCUT2D eigenvalue weighted by molar-refractivity contribution is 0.0974. The smallest absolute Gasteiger partial charge is 0.258 e. The topological polar surface area (TPSA) is 90.7 Å². The van der Waals surface area contributed by atoms with Crippen LogP contribution >= 0.6 is 0 Å². The third-order valence-corrected chi connectivity index (χ3v) is 7.13. The first-order valence-electron chi connectivity index (χ1n) is 13.6. The van der Waals surface area contributed by atoms with E-state index in [1.165, 1.54) is 44.6 Å². The number of aliphatic imine (C=N–C) groups is 1. The second-order valence-electron chi connectivity index (χ2n) is 9.75. The van der Waals surface area contributed by atoms with Crippen LogP contribution in [0.4, 0.5) is 8.78 Å². The van der Waals surface area contributed by atoms with E-state index in [-0.39, 0.29) is 11.5 Å². The number of carbonyl (C=O) groups excluding carboxylic acids is 1. The molecule has 1 saturated carbocycles. The number of hydrogen-bond donors (Lipinski definition) is 2. The SMILES string of the molecule is CCOCCN=C(NC(=O)c1ccc(F)c(F)c1)NC1N=NC2=C1N(C1CCCCCCCC1)CCC2. The van der Waals surface area contributed by atoms with Crippen molar-refractivity contribution in [1.29, 1.82) is 0 Å². The Morgan fingerprint density at radius 2 is 1.86 bits per heavy atom. The fourth-order valence-corrected chi connectivity index (χ4v) is 5.26. The number of nitrogens with one attached hydrogen (secondary N) is 2. The van der Waals surface area contributed by atoms with Gasteiger partial charge in [0.15, 0.2) is 23.8 Å². The van der Waals surface area contributed by atoms with Gasteiger partial charge in [-0.25, -0.2) is 8.78 Å². The molecule has 1 aliphatic carbocycles. The summed E-state index contributed by atoms with van der Waals surface area (Å²) in [6.45, 7) is 4.12. The van der Waals surface area contributed by atoms with Gasteiger partial charge >= 0.3 is 0 Å². The maximum absolute atomic E-state index is 13.7.